The van der Waals surface area contributed by atoms with E-state index in [1.54, 1.807) is 13.8 Å². The number of carbonyl (C=O) groups excluding carboxylic acids is 2. The molecule has 0 bridgehead atoms. The average molecular weight is 308 g/mol. The number of hydrogen-bond donors (Lipinski definition) is 3. The van der Waals surface area contributed by atoms with Gasteiger partial charge in [0.25, 0.3) is 0 Å². The van der Waals surface area contributed by atoms with Gasteiger partial charge in [0.15, 0.2) is 11.8 Å². The molecule has 0 saturated heterocycles. The van der Waals surface area contributed by atoms with Crippen molar-refractivity contribution < 1.29 is 24.6 Å². The Morgan fingerprint density at radius 1 is 1.14 bits per heavy atom. The number of amides is 1. The third-order valence-electron chi connectivity index (χ3n) is 3.28. The van der Waals surface area contributed by atoms with Crippen LogP contribution in [0.1, 0.15) is 20.8 Å². The van der Waals surface area contributed by atoms with Crippen LogP contribution in [0.3, 0.4) is 0 Å². The van der Waals surface area contributed by atoms with Gasteiger partial charge in [0.1, 0.15) is 5.75 Å². The van der Waals surface area contributed by atoms with Crippen LogP contribution in [-0.4, -0.2) is 40.0 Å². The molecule has 1 rings (SSSR count). The summed E-state index contributed by atoms with van der Waals surface area (Å²) in [5.74, 6) is -3.11. The van der Waals surface area contributed by atoms with Gasteiger partial charge in [-0.15, -0.1) is 0 Å². The van der Waals surface area contributed by atoms with Crippen molar-refractivity contribution >= 4 is 23.3 Å². The number of aliphatic carboxylic acids is 1. The van der Waals surface area contributed by atoms with E-state index < -0.39 is 29.7 Å². The van der Waals surface area contributed by atoms with E-state index in [1.165, 1.54) is 24.3 Å². The molecule has 0 aliphatic carbocycles. The highest BCUT2D eigenvalue weighted by molar-refractivity contribution is 6.13. The van der Waals surface area contributed by atoms with Gasteiger partial charge in [0.05, 0.1) is 6.04 Å². The molecule has 22 heavy (non-hydrogen) atoms. The summed E-state index contributed by atoms with van der Waals surface area (Å²) in [7, 11) is 0. The van der Waals surface area contributed by atoms with Crippen molar-refractivity contribution in [3.63, 3.8) is 0 Å². The van der Waals surface area contributed by atoms with Gasteiger partial charge < -0.3 is 15.9 Å². The molecule has 0 aliphatic rings. The minimum atomic E-state index is -1.71. The van der Waals surface area contributed by atoms with Crippen molar-refractivity contribution in [3.05, 3.63) is 24.3 Å². The third-order valence-corrected chi connectivity index (χ3v) is 3.28. The number of carboxylic acid groups (broad SMARTS) is 1. The van der Waals surface area contributed by atoms with Gasteiger partial charge in [0.2, 0.25) is 5.91 Å². The van der Waals surface area contributed by atoms with Crippen molar-refractivity contribution in [1.29, 1.82) is 0 Å². The van der Waals surface area contributed by atoms with Crippen LogP contribution < -0.4 is 10.6 Å². The van der Waals surface area contributed by atoms with Crippen molar-refractivity contribution in [1.82, 2.24) is 0 Å². The number of anilines is 1. The first kappa shape index (κ1) is 17.6. The molecule has 2 atom stereocenters. The molecule has 0 aromatic heterocycles. The van der Waals surface area contributed by atoms with Gasteiger partial charge in [-0.2, -0.15) is 0 Å². The standard InChI is InChI=1S/C15H20N2O5/c1-8(2)12(16)14(20)13(15(21)22)17(9(3)18)10-4-6-11(19)7-5-10/h4-8,12-13,19H,16H2,1-3H3,(H,21,22). The molecule has 0 aliphatic heterocycles. The second-order valence-electron chi connectivity index (χ2n) is 5.32. The minimum absolute atomic E-state index is 0.0377. The van der Waals surface area contributed by atoms with E-state index >= 15 is 0 Å². The average Bonchev–Trinajstić information content (AvgIpc) is 2.43. The highest BCUT2D eigenvalue weighted by atomic mass is 16.4. The normalized spacial score (nSPS) is 13.5. The zero-order chi connectivity index (χ0) is 17.0. The first-order valence-corrected chi connectivity index (χ1v) is 6.77. The topological polar surface area (TPSA) is 121 Å². The lowest BCUT2D eigenvalue weighted by Crippen LogP contribution is -2.55. The summed E-state index contributed by atoms with van der Waals surface area (Å²) in [5.41, 5.74) is 5.94. The number of Topliss-reactive ketones (excluding diaryl/α,β-unsaturated/α-hetero) is 1. The summed E-state index contributed by atoms with van der Waals surface area (Å²) in [6.45, 7) is 4.55. The van der Waals surface area contributed by atoms with E-state index in [0.29, 0.717) is 0 Å². The fourth-order valence-corrected chi connectivity index (χ4v) is 2.00. The number of hydrogen-bond acceptors (Lipinski definition) is 5. The Bertz CT molecular complexity index is 568. The number of rotatable bonds is 6. The second kappa shape index (κ2) is 7.04. The van der Waals surface area contributed by atoms with Crippen LogP contribution in [0.15, 0.2) is 24.3 Å². The Morgan fingerprint density at radius 2 is 1.64 bits per heavy atom. The van der Waals surface area contributed by atoms with Crippen LogP contribution >= 0.6 is 0 Å². The molecule has 7 nitrogen and oxygen atoms in total. The van der Waals surface area contributed by atoms with Crippen LogP contribution in [0.4, 0.5) is 5.69 Å². The van der Waals surface area contributed by atoms with Crippen molar-refractivity contribution in [2.45, 2.75) is 32.9 Å². The molecule has 0 heterocycles. The fourth-order valence-electron chi connectivity index (χ4n) is 2.00. The molecule has 1 amide bonds. The summed E-state index contributed by atoms with van der Waals surface area (Å²) in [5, 5.41) is 18.7. The van der Waals surface area contributed by atoms with Gasteiger partial charge in [-0.1, -0.05) is 13.8 Å². The Hall–Kier alpha value is -2.41. The maximum Gasteiger partial charge on any atom is 0.334 e. The number of phenols is 1. The highest BCUT2D eigenvalue weighted by Crippen LogP contribution is 2.22. The van der Waals surface area contributed by atoms with Crippen LogP contribution in [0.25, 0.3) is 0 Å². The molecule has 0 radical (unpaired) electrons. The Morgan fingerprint density at radius 3 is 2.00 bits per heavy atom. The number of phenolic OH excluding ortho intramolecular Hbond substituents is 1. The number of carboxylic acids is 1. The Kier molecular flexibility index (Phi) is 5.64. The lowest BCUT2D eigenvalue weighted by Gasteiger charge is -2.29. The molecule has 2 unspecified atom stereocenters. The largest absolute Gasteiger partial charge is 0.508 e. The zero-order valence-corrected chi connectivity index (χ0v) is 12.7. The fraction of sp³-hybridized carbons (Fsp3) is 0.400. The maximum absolute atomic E-state index is 12.4. The molecule has 0 saturated carbocycles. The van der Waals surface area contributed by atoms with Crippen LogP contribution in [0.2, 0.25) is 0 Å². The number of aromatic hydroxyl groups is 1. The molecule has 120 valence electrons. The second-order valence-corrected chi connectivity index (χ2v) is 5.32. The number of ketones is 1. The summed E-state index contributed by atoms with van der Waals surface area (Å²) in [6.07, 6.45) is 0. The van der Waals surface area contributed by atoms with Crippen molar-refractivity contribution in [2.75, 3.05) is 4.90 Å². The van der Waals surface area contributed by atoms with Gasteiger partial charge in [-0.25, -0.2) is 4.79 Å². The monoisotopic (exact) mass is 308 g/mol. The molecular formula is C15H20N2O5. The summed E-state index contributed by atoms with van der Waals surface area (Å²) in [6, 6.07) is 2.62. The van der Waals surface area contributed by atoms with E-state index in [9.17, 15) is 24.6 Å². The summed E-state index contributed by atoms with van der Waals surface area (Å²) in [4.78, 5) is 36.6. The predicted molar refractivity (Wildman–Crippen MR) is 80.5 cm³/mol. The van der Waals surface area contributed by atoms with E-state index in [4.69, 9.17) is 5.73 Å². The number of carbonyl (C=O) groups is 3. The lowest BCUT2D eigenvalue weighted by atomic mass is 9.95. The third kappa shape index (κ3) is 3.82. The van der Waals surface area contributed by atoms with Crippen LogP contribution in [0, 0.1) is 5.92 Å². The highest BCUT2D eigenvalue weighted by Gasteiger charge is 2.39. The van der Waals surface area contributed by atoms with Gasteiger partial charge in [0, 0.05) is 12.6 Å². The number of nitrogens with zero attached hydrogens (tertiary/aromatic N) is 1. The zero-order valence-electron chi connectivity index (χ0n) is 12.7. The Balaban J connectivity index is 3.29. The van der Waals surface area contributed by atoms with Gasteiger partial charge in [-0.05, 0) is 30.2 Å². The quantitative estimate of drug-likeness (QED) is 0.667. The van der Waals surface area contributed by atoms with Crippen molar-refractivity contribution in [3.8, 4) is 5.75 Å². The maximum atomic E-state index is 12.4. The molecule has 1 aromatic rings. The van der Waals surface area contributed by atoms with E-state index in [-0.39, 0.29) is 17.4 Å². The van der Waals surface area contributed by atoms with E-state index in [1.807, 2.05) is 0 Å². The van der Waals surface area contributed by atoms with E-state index in [0.717, 1.165) is 11.8 Å². The molecular weight excluding hydrogens is 288 g/mol. The Labute approximate surface area is 128 Å². The van der Waals surface area contributed by atoms with Gasteiger partial charge >= 0.3 is 5.97 Å². The molecule has 4 N–H and O–H groups in total. The molecule has 0 fully saturated rings. The summed E-state index contributed by atoms with van der Waals surface area (Å²) >= 11 is 0. The molecule has 1 aromatic carbocycles. The number of nitrogens with two attached hydrogens (primary N) is 1. The van der Waals surface area contributed by atoms with Crippen molar-refractivity contribution in [2.24, 2.45) is 11.7 Å². The predicted octanol–water partition coefficient (Wildman–Crippen LogP) is 0.751. The first-order valence-electron chi connectivity index (χ1n) is 6.77. The molecule has 0 spiro atoms. The SMILES string of the molecule is CC(=O)N(c1ccc(O)cc1)C(C(=O)O)C(=O)C(N)C(C)C. The van der Waals surface area contributed by atoms with Gasteiger partial charge in [-0.3, -0.25) is 14.5 Å². The lowest BCUT2D eigenvalue weighted by molar-refractivity contribution is -0.144. The van der Waals surface area contributed by atoms with E-state index in [2.05, 4.69) is 0 Å². The minimum Gasteiger partial charge on any atom is -0.508 e. The van der Waals surface area contributed by atoms with Crippen LogP contribution in [0.5, 0.6) is 5.75 Å². The molecule has 7 heteroatoms. The smallest absolute Gasteiger partial charge is 0.334 e. The number of benzene rings is 1. The summed E-state index contributed by atoms with van der Waals surface area (Å²) < 4.78 is 0. The van der Waals surface area contributed by atoms with Crippen LogP contribution in [-0.2, 0) is 14.4 Å². The first-order chi connectivity index (χ1) is 10.2.